The summed E-state index contributed by atoms with van der Waals surface area (Å²) in [6.45, 7) is 1.91. The number of carbonyl (C=O) groups excluding carboxylic acids is 4. The summed E-state index contributed by atoms with van der Waals surface area (Å²) in [6, 6.07) is 15.6. The Morgan fingerprint density at radius 2 is 1.69 bits per heavy atom. The van der Waals surface area contributed by atoms with E-state index in [0.717, 1.165) is 5.56 Å². The van der Waals surface area contributed by atoms with E-state index in [1.807, 2.05) is 30.3 Å². The third-order valence-electron chi connectivity index (χ3n) is 5.68. The normalized spacial score (nSPS) is 14.9. The highest BCUT2D eigenvalue weighted by Crippen LogP contribution is 2.37. The molecule has 0 aliphatic carbocycles. The Balaban J connectivity index is 1.67. The Kier molecular flexibility index (Phi) is 7.25. The summed E-state index contributed by atoms with van der Waals surface area (Å²) >= 11 is 0. The second-order valence-electron chi connectivity index (χ2n) is 7.65. The molecule has 1 aliphatic heterocycles. The molecule has 3 rings (SSSR count). The lowest BCUT2D eigenvalue weighted by Crippen LogP contribution is -2.49. The maximum Gasteiger partial charge on any atom is 0.337 e. The van der Waals surface area contributed by atoms with E-state index in [0.29, 0.717) is 37.2 Å². The van der Waals surface area contributed by atoms with Crippen molar-refractivity contribution in [1.29, 1.82) is 0 Å². The molecular weight excluding hydrogens is 412 g/mol. The molecule has 0 bridgehead atoms. The van der Waals surface area contributed by atoms with Gasteiger partial charge in [-0.2, -0.15) is 0 Å². The summed E-state index contributed by atoms with van der Waals surface area (Å²) in [5, 5.41) is 2.62. The number of methoxy groups -OCH3 is 1. The minimum atomic E-state index is -0.918. The smallest absolute Gasteiger partial charge is 0.337 e. The Labute approximate surface area is 186 Å². The van der Waals surface area contributed by atoms with Gasteiger partial charge in [-0.05, 0) is 36.6 Å². The molecule has 0 atom stereocenters. The number of amides is 2. The predicted octanol–water partition coefficient (Wildman–Crippen LogP) is 2.54. The number of esters is 2. The third-order valence-corrected chi connectivity index (χ3v) is 5.68. The van der Waals surface area contributed by atoms with Crippen LogP contribution in [-0.4, -0.2) is 55.5 Å². The monoisotopic (exact) mass is 438 g/mol. The molecular formula is C24H26N2O6. The Bertz CT molecular complexity index is 997. The molecule has 8 nitrogen and oxygen atoms in total. The highest BCUT2D eigenvalue weighted by Gasteiger charge is 2.44. The standard InChI is InChI=1S/C24H26N2O6/c1-17(27)26-13-11-24(12-14-26,19-8-4-3-5-9-19)23(30)32-16-21(28)25-20-10-6-7-18(15-20)22(29)31-2/h3-10,15H,11-14,16H2,1-2H3,(H,25,28). The van der Waals surface area contributed by atoms with Crippen LogP contribution in [0.4, 0.5) is 5.69 Å². The second kappa shape index (κ2) is 10.1. The van der Waals surface area contributed by atoms with Crippen molar-refractivity contribution < 1.29 is 28.7 Å². The molecule has 0 spiro atoms. The van der Waals surface area contributed by atoms with Crippen molar-refractivity contribution in [3.63, 3.8) is 0 Å². The zero-order valence-electron chi connectivity index (χ0n) is 18.1. The fourth-order valence-electron chi connectivity index (χ4n) is 3.88. The van der Waals surface area contributed by atoms with Crippen molar-refractivity contribution in [1.82, 2.24) is 4.90 Å². The van der Waals surface area contributed by atoms with Crippen LogP contribution in [0.2, 0.25) is 0 Å². The third kappa shape index (κ3) is 5.14. The number of likely N-dealkylation sites (tertiary alicyclic amines) is 1. The van der Waals surface area contributed by atoms with Crippen LogP contribution in [0.5, 0.6) is 0 Å². The number of nitrogens with zero attached hydrogens (tertiary/aromatic N) is 1. The molecule has 32 heavy (non-hydrogen) atoms. The Morgan fingerprint density at radius 3 is 2.31 bits per heavy atom. The molecule has 2 aromatic rings. The van der Waals surface area contributed by atoms with Gasteiger partial charge in [0, 0.05) is 25.7 Å². The van der Waals surface area contributed by atoms with Gasteiger partial charge in [0.1, 0.15) is 0 Å². The molecule has 1 heterocycles. The Morgan fingerprint density at radius 1 is 1.00 bits per heavy atom. The summed E-state index contributed by atoms with van der Waals surface area (Å²) in [4.78, 5) is 50.6. The van der Waals surface area contributed by atoms with Crippen LogP contribution in [-0.2, 0) is 29.3 Å². The number of carbonyl (C=O) groups is 4. The number of piperidine rings is 1. The molecule has 0 radical (unpaired) electrons. The molecule has 0 aromatic heterocycles. The van der Waals surface area contributed by atoms with Crippen LogP contribution < -0.4 is 5.32 Å². The second-order valence-corrected chi connectivity index (χ2v) is 7.65. The first-order valence-corrected chi connectivity index (χ1v) is 10.3. The van der Waals surface area contributed by atoms with Crippen LogP contribution in [0.3, 0.4) is 0 Å². The first kappa shape index (κ1) is 23.0. The minimum Gasteiger partial charge on any atom is -0.465 e. The number of hydrogen-bond acceptors (Lipinski definition) is 6. The van der Waals surface area contributed by atoms with Crippen molar-refractivity contribution in [2.75, 3.05) is 32.1 Å². The molecule has 168 valence electrons. The van der Waals surface area contributed by atoms with E-state index in [1.54, 1.807) is 23.1 Å². The number of benzene rings is 2. The van der Waals surface area contributed by atoms with Crippen LogP contribution in [0, 0.1) is 0 Å². The van der Waals surface area contributed by atoms with E-state index < -0.39 is 29.9 Å². The van der Waals surface area contributed by atoms with Gasteiger partial charge in [0.15, 0.2) is 6.61 Å². The summed E-state index contributed by atoms with van der Waals surface area (Å²) in [7, 11) is 1.27. The zero-order chi connectivity index (χ0) is 23.1. The molecule has 1 fully saturated rings. The maximum absolute atomic E-state index is 13.2. The van der Waals surface area contributed by atoms with Gasteiger partial charge in [0.25, 0.3) is 5.91 Å². The van der Waals surface area contributed by atoms with Crippen LogP contribution >= 0.6 is 0 Å². The van der Waals surface area contributed by atoms with E-state index in [-0.39, 0.29) is 5.91 Å². The van der Waals surface area contributed by atoms with Gasteiger partial charge in [-0.3, -0.25) is 14.4 Å². The fraction of sp³-hybridized carbons (Fsp3) is 0.333. The van der Waals surface area contributed by atoms with Gasteiger partial charge in [-0.1, -0.05) is 36.4 Å². The molecule has 1 N–H and O–H groups in total. The van der Waals surface area contributed by atoms with Crippen LogP contribution in [0.25, 0.3) is 0 Å². The maximum atomic E-state index is 13.2. The molecule has 1 saturated heterocycles. The molecule has 2 amide bonds. The van der Waals surface area contributed by atoms with Gasteiger partial charge < -0.3 is 19.7 Å². The van der Waals surface area contributed by atoms with Gasteiger partial charge in [0.2, 0.25) is 5.91 Å². The van der Waals surface area contributed by atoms with Crippen LogP contribution in [0.15, 0.2) is 54.6 Å². The number of hydrogen-bond donors (Lipinski definition) is 1. The average Bonchev–Trinajstić information content (AvgIpc) is 2.82. The first-order chi connectivity index (χ1) is 15.4. The van der Waals surface area contributed by atoms with E-state index >= 15 is 0 Å². The molecule has 8 heteroatoms. The molecule has 0 unspecified atom stereocenters. The number of anilines is 1. The quantitative estimate of drug-likeness (QED) is 0.696. The van der Waals surface area contributed by atoms with Gasteiger partial charge in [-0.15, -0.1) is 0 Å². The van der Waals surface area contributed by atoms with Crippen molar-refractivity contribution >= 4 is 29.4 Å². The SMILES string of the molecule is COC(=O)c1cccc(NC(=O)COC(=O)C2(c3ccccc3)CCN(C(C)=O)CC2)c1. The predicted molar refractivity (Wildman–Crippen MR) is 117 cm³/mol. The van der Waals surface area contributed by atoms with Crippen molar-refractivity contribution in [2.24, 2.45) is 0 Å². The lowest BCUT2D eigenvalue weighted by Gasteiger charge is -2.40. The zero-order valence-corrected chi connectivity index (χ0v) is 18.1. The highest BCUT2D eigenvalue weighted by molar-refractivity contribution is 5.96. The van der Waals surface area contributed by atoms with Gasteiger partial charge in [-0.25, -0.2) is 4.79 Å². The van der Waals surface area contributed by atoms with Crippen LogP contribution in [0.1, 0.15) is 35.7 Å². The molecule has 2 aromatic carbocycles. The lowest BCUT2D eigenvalue weighted by atomic mass is 9.72. The first-order valence-electron chi connectivity index (χ1n) is 10.3. The molecule has 0 saturated carbocycles. The highest BCUT2D eigenvalue weighted by atomic mass is 16.5. The Hall–Kier alpha value is -3.68. The van der Waals surface area contributed by atoms with E-state index in [1.165, 1.54) is 20.1 Å². The van der Waals surface area contributed by atoms with Gasteiger partial charge in [0.05, 0.1) is 18.1 Å². The number of nitrogens with one attached hydrogen (secondary N) is 1. The average molecular weight is 438 g/mol. The molecule has 1 aliphatic rings. The number of ether oxygens (including phenoxy) is 2. The van der Waals surface area contributed by atoms with Crippen molar-refractivity contribution in [3.05, 3.63) is 65.7 Å². The number of rotatable bonds is 6. The lowest BCUT2D eigenvalue weighted by molar-refractivity contribution is -0.156. The van der Waals surface area contributed by atoms with Crippen molar-refractivity contribution in [2.45, 2.75) is 25.2 Å². The summed E-state index contributed by atoms with van der Waals surface area (Å²) < 4.78 is 10.1. The summed E-state index contributed by atoms with van der Waals surface area (Å²) in [5.74, 6) is -1.57. The van der Waals surface area contributed by atoms with E-state index in [9.17, 15) is 19.2 Å². The summed E-state index contributed by atoms with van der Waals surface area (Å²) in [5.41, 5.74) is 0.571. The fourth-order valence-corrected chi connectivity index (χ4v) is 3.88. The summed E-state index contributed by atoms with van der Waals surface area (Å²) in [6.07, 6.45) is 0.830. The topological polar surface area (TPSA) is 102 Å². The van der Waals surface area contributed by atoms with E-state index in [4.69, 9.17) is 4.74 Å². The van der Waals surface area contributed by atoms with Gasteiger partial charge >= 0.3 is 11.9 Å². The van der Waals surface area contributed by atoms with E-state index in [2.05, 4.69) is 10.1 Å². The van der Waals surface area contributed by atoms with Crippen molar-refractivity contribution in [3.8, 4) is 0 Å². The largest absolute Gasteiger partial charge is 0.465 e. The minimum absolute atomic E-state index is 0.0337.